The third kappa shape index (κ3) is 6.40. The number of nitro groups is 3. The molecule has 0 N–H and O–H groups in total. The maximum absolute atomic E-state index is 15.4. The van der Waals surface area contributed by atoms with Crippen LogP contribution in [0.5, 0.6) is 0 Å². The van der Waals surface area contributed by atoms with Crippen LogP contribution >= 0.6 is 0 Å². The maximum atomic E-state index is 15.4. The fourth-order valence-electron chi connectivity index (χ4n) is 3.40. The Morgan fingerprint density at radius 2 is 0.619 bits per heavy atom. The van der Waals surface area contributed by atoms with Crippen LogP contribution < -0.4 is 0 Å². The van der Waals surface area contributed by atoms with E-state index in [1.165, 1.54) is 36.4 Å². The minimum Gasteiger partial charge on any atom is -0.258 e. The summed E-state index contributed by atoms with van der Waals surface area (Å²) in [5.41, 5.74) is -2.82. The molecule has 0 aliphatic heterocycles. The molecular formula is C30H12F3N3O6. The maximum Gasteiger partial charge on any atom is 0.269 e. The minimum absolute atomic E-state index is 0.167. The lowest BCUT2D eigenvalue weighted by Gasteiger charge is -2.06. The molecule has 0 aliphatic carbocycles. The van der Waals surface area contributed by atoms with E-state index < -0.39 is 48.9 Å². The van der Waals surface area contributed by atoms with E-state index in [0.29, 0.717) is 0 Å². The molecule has 0 heterocycles. The zero-order valence-corrected chi connectivity index (χ0v) is 20.9. The van der Waals surface area contributed by atoms with E-state index in [1.54, 1.807) is 0 Å². The Morgan fingerprint density at radius 1 is 0.405 bits per heavy atom. The SMILES string of the molecule is O=[N+]([O-])c1ccc(C#Cc2c(F)c(C#Cc3ccc([N+](=O)[O-])cc3)c(F)c(C#Cc3ccc([N+](=O)[O-])cc3)c2F)cc1. The van der Waals surface area contributed by atoms with Crippen molar-refractivity contribution in [3.05, 3.63) is 154 Å². The highest BCUT2D eigenvalue weighted by Gasteiger charge is 2.23. The van der Waals surface area contributed by atoms with Crippen LogP contribution in [0.1, 0.15) is 33.4 Å². The second-order valence-corrected chi connectivity index (χ2v) is 8.23. The number of halogens is 3. The fraction of sp³-hybridized carbons (Fsp3) is 0. The highest BCUT2D eigenvalue weighted by molar-refractivity contribution is 5.58. The van der Waals surface area contributed by atoms with Crippen molar-refractivity contribution in [2.45, 2.75) is 0 Å². The summed E-state index contributed by atoms with van der Waals surface area (Å²) in [6.45, 7) is 0. The van der Waals surface area contributed by atoms with Gasteiger partial charge in [-0.15, -0.1) is 0 Å². The number of non-ortho nitro benzene ring substituents is 3. The number of hydrogen-bond donors (Lipinski definition) is 0. The van der Waals surface area contributed by atoms with E-state index in [0.717, 1.165) is 36.4 Å². The molecule has 0 saturated heterocycles. The van der Waals surface area contributed by atoms with Gasteiger partial charge >= 0.3 is 0 Å². The molecule has 0 amide bonds. The Morgan fingerprint density at radius 3 is 0.810 bits per heavy atom. The zero-order chi connectivity index (χ0) is 30.4. The summed E-state index contributed by atoms with van der Waals surface area (Å²) in [7, 11) is 0. The van der Waals surface area contributed by atoms with Gasteiger partial charge in [-0.3, -0.25) is 30.3 Å². The molecule has 0 aromatic heterocycles. The van der Waals surface area contributed by atoms with Crippen LogP contribution in [0.3, 0.4) is 0 Å². The van der Waals surface area contributed by atoms with Gasteiger partial charge in [-0.2, -0.15) is 0 Å². The van der Waals surface area contributed by atoms with Crippen molar-refractivity contribution >= 4 is 17.1 Å². The summed E-state index contributed by atoms with van der Waals surface area (Å²) in [4.78, 5) is 30.7. The Bertz CT molecular complexity index is 1690. The Balaban J connectivity index is 1.84. The van der Waals surface area contributed by atoms with Crippen molar-refractivity contribution in [2.24, 2.45) is 0 Å². The van der Waals surface area contributed by atoms with Crippen LogP contribution in [-0.4, -0.2) is 14.8 Å². The first-order chi connectivity index (χ1) is 20.0. The third-order valence-electron chi connectivity index (χ3n) is 5.55. The molecule has 42 heavy (non-hydrogen) atoms. The second kappa shape index (κ2) is 12.2. The van der Waals surface area contributed by atoms with Gasteiger partial charge in [-0.1, -0.05) is 35.5 Å². The first kappa shape index (κ1) is 28.6. The predicted octanol–water partition coefficient (Wildman–Crippen LogP) is 6.03. The standard InChI is InChI=1S/C30H12F3N3O6/c31-28-25(16-7-19-1-10-22(11-2-19)34(37)38)29(32)27(18-9-21-5-14-24(15-6-21)36(41)42)30(33)26(28)17-8-20-3-12-23(13-4-20)35(39)40/h1-6,10-15H. The van der Waals surface area contributed by atoms with Gasteiger partial charge in [-0.05, 0) is 36.4 Å². The van der Waals surface area contributed by atoms with Crippen molar-refractivity contribution in [1.29, 1.82) is 0 Å². The van der Waals surface area contributed by atoms with E-state index in [9.17, 15) is 30.3 Å². The van der Waals surface area contributed by atoms with Gasteiger partial charge in [0.2, 0.25) is 0 Å². The molecule has 4 aromatic rings. The molecule has 204 valence electrons. The zero-order valence-electron chi connectivity index (χ0n) is 20.9. The van der Waals surface area contributed by atoms with Gasteiger partial charge < -0.3 is 0 Å². The van der Waals surface area contributed by atoms with Gasteiger partial charge in [0.05, 0.1) is 31.5 Å². The summed E-state index contributed by atoms with van der Waals surface area (Å²) in [6, 6.07) is 14.4. The van der Waals surface area contributed by atoms with E-state index in [2.05, 4.69) is 35.5 Å². The van der Waals surface area contributed by atoms with Crippen molar-refractivity contribution in [1.82, 2.24) is 0 Å². The molecule has 12 heteroatoms. The largest absolute Gasteiger partial charge is 0.269 e. The summed E-state index contributed by atoms with van der Waals surface area (Å²) >= 11 is 0. The van der Waals surface area contributed by atoms with Gasteiger partial charge in [0.1, 0.15) is 0 Å². The number of hydrogen-bond acceptors (Lipinski definition) is 6. The molecule has 0 aliphatic rings. The number of benzene rings is 4. The molecule has 0 atom stereocenters. The third-order valence-corrected chi connectivity index (χ3v) is 5.55. The highest BCUT2D eigenvalue weighted by Crippen LogP contribution is 2.25. The fourth-order valence-corrected chi connectivity index (χ4v) is 3.40. The Hall–Kier alpha value is -6.45. The molecule has 0 bridgehead atoms. The molecule has 0 spiro atoms. The number of nitrogens with zero attached hydrogens (tertiary/aromatic N) is 3. The first-order valence-corrected chi connectivity index (χ1v) is 11.5. The Kier molecular flexibility index (Phi) is 8.27. The summed E-state index contributed by atoms with van der Waals surface area (Å²) in [5, 5.41) is 32.6. The van der Waals surface area contributed by atoms with Gasteiger partial charge in [0.15, 0.2) is 17.5 Å². The average molecular weight is 567 g/mol. The molecule has 0 saturated carbocycles. The van der Waals surface area contributed by atoms with Crippen LogP contribution in [0.2, 0.25) is 0 Å². The van der Waals surface area contributed by atoms with Crippen molar-refractivity contribution in [3.8, 4) is 35.5 Å². The lowest BCUT2D eigenvalue weighted by atomic mass is 10.0. The average Bonchev–Trinajstić information content (AvgIpc) is 2.97. The van der Waals surface area contributed by atoms with Crippen molar-refractivity contribution in [2.75, 3.05) is 0 Å². The molecule has 9 nitrogen and oxygen atoms in total. The lowest BCUT2D eigenvalue weighted by molar-refractivity contribution is -0.385. The second-order valence-electron chi connectivity index (χ2n) is 8.23. The van der Waals surface area contributed by atoms with Crippen molar-refractivity contribution in [3.63, 3.8) is 0 Å². The van der Waals surface area contributed by atoms with E-state index in [4.69, 9.17) is 0 Å². The number of rotatable bonds is 3. The smallest absolute Gasteiger partial charge is 0.258 e. The lowest BCUT2D eigenvalue weighted by Crippen LogP contribution is -2.04. The van der Waals surface area contributed by atoms with Crippen LogP contribution in [-0.2, 0) is 0 Å². The first-order valence-electron chi connectivity index (χ1n) is 11.5. The predicted molar refractivity (Wildman–Crippen MR) is 144 cm³/mol. The number of nitro benzene ring substituents is 3. The van der Waals surface area contributed by atoms with E-state index in [-0.39, 0.29) is 33.8 Å². The molecular weight excluding hydrogens is 555 g/mol. The molecule has 4 aromatic carbocycles. The molecule has 0 fully saturated rings. The van der Waals surface area contributed by atoms with Gasteiger partial charge in [0, 0.05) is 53.1 Å². The van der Waals surface area contributed by atoms with Crippen LogP contribution in [0.25, 0.3) is 0 Å². The monoisotopic (exact) mass is 567 g/mol. The quantitative estimate of drug-likeness (QED) is 0.169. The molecule has 4 rings (SSSR count). The minimum atomic E-state index is -1.44. The van der Waals surface area contributed by atoms with Crippen LogP contribution in [0.4, 0.5) is 30.2 Å². The Labute approximate surface area is 234 Å². The van der Waals surface area contributed by atoms with Crippen LogP contribution in [0.15, 0.2) is 72.8 Å². The normalized spacial score (nSPS) is 9.79. The van der Waals surface area contributed by atoms with Crippen molar-refractivity contribution < 1.29 is 27.9 Å². The highest BCUT2D eigenvalue weighted by atomic mass is 19.1. The van der Waals surface area contributed by atoms with E-state index in [1.807, 2.05) is 0 Å². The topological polar surface area (TPSA) is 129 Å². The molecule has 0 unspecified atom stereocenters. The summed E-state index contributed by atoms with van der Waals surface area (Å²) in [5.74, 6) is 9.89. The van der Waals surface area contributed by atoms with E-state index >= 15 is 13.2 Å². The van der Waals surface area contributed by atoms with Gasteiger partial charge in [-0.25, -0.2) is 13.2 Å². The molecule has 0 radical (unpaired) electrons. The van der Waals surface area contributed by atoms with Crippen LogP contribution in [0, 0.1) is 83.3 Å². The summed E-state index contributed by atoms with van der Waals surface area (Å²) in [6.07, 6.45) is 0. The summed E-state index contributed by atoms with van der Waals surface area (Å²) < 4.78 is 46.3. The van der Waals surface area contributed by atoms with Gasteiger partial charge in [0.25, 0.3) is 17.1 Å².